The summed E-state index contributed by atoms with van der Waals surface area (Å²) in [4.78, 5) is 21.4. The van der Waals surface area contributed by atoms with Crippen LogP contribution in [0.1, 0.15) is 11.1 Å². The molecule has 2 amide bonds. The van der Waals surface area contributed by atoms with Crippen molar-refractivity contribution in [1.82, 2.24) is 9.88 Å². The molecule has 134 valence electrons. The van der Waals surface area contributed by atoms with Crippen molar-refractivity contribution >= 4 is 38.4 Å². The highest BCUT2D eigenvalue weighted by atomic mass is 32.1. The quantitative estimate of drug-likeness (QED) is 0.737. The van der Waals surface area contributed by atoms with E-state index in [4.69, 9.17) is 4.98 Å². The molecular weight excluding hydrogens is 344 g/mol. The third kappa shape index (κ3) is 3.37. The Morgan fingerprint density at radius 2 is 1.81 bits per heavy atom. The van der Waals surface area contributed by atoms with Gasteiger partial charge < -0.3 is 15.1 Å². The molecular formula is C20H22N4OS. The smallest absolute Gasteiger partial charge is 0.321 e. The number of carbonyl (C=O) groups excluding carboxylic acids is 1. The lowest BCUT2D eigenvalue weighted by Gasteiger charge is -2.34. The molecule has 0 bridgehead atoms. The first-order valence-electron chi connectivity index (χ1n) is 8.84. The number of benzene rings is 2. The van der Waals surface area contributed by atoms with Crippen LogP contribution in [0.3, 0.4) is 0 Å². The summed E-state index contributed by atoms with van der Waals surface area (Å²) >= 11 is 1.71. The number of fused-ring (bicyclic) bond motifs is 1. The summed E-state index contributed by atoms with van der Waals surface area (Å²) < 4.78 is 1.21. The number of rotatable bonds is 2. The van der Waals surface area contributed by atoms with Crippen molar-refractivity contribution in [2.24, 2.45) is 0 Å². The van der Waals surface area contributed by atoms with E-state index in [0.29, 0.717) is 13.1 Å². The van der Waals surface area contributed by atoms with E-state index >= 15 is 0 Å². The molecule has 2 aromatic carbocycles. The summed E-state index contributed by atoms with van der Waals surface area (Å²) in [5, 5.41) is 4.05. The third-order valence-corrected chi connectivity index (χ3v) is 5.98. The van der Waals surface area contributed by atoms with Gasteiger partial charge in [0, 0.05) is 31.9 Å². The van der Waals surface area contributed by atoms with E-state index in [2.05, 4.69) is 30.1 Å². The lowest BCUT2D eigenvalue weighted by molar-refractivity contribution is 0.208. The number of para-hydroxylation sites is 1. The monoisotopic (exact) mass is 366 g/mol. The van der Waals surface area contributed by atoms with Crippen molar-refractivity contribution in [1.29, 1.82) is 0 Å². The number of aryl methyl sites for hydroxylation is 2. The fourth-order valence-corrected chi connectivity index (χ4v) is 4.14. The van der Waals surface area contributed by atoms with Crippen molar-refractivity contribution in [2.45, 2.75) is 13.8 Å². The molecule has 1 aliphatic heterocycles. The number of anilines is 2. The van der Waals surface area contributed by atoms with Crippen molar-refractivity contribution in [2.75, 3.05) is 36.4 Å². The summed E-state index contributed by atoms with van der Waals surface area (Å²) in [6.07, 6.45) is 0. The Bertz CT molecular complexity index is 911. The highest BCUT2D eigenvalue weighted by Gasteiger charge is 2.23. The zero-order chi connectivity index (χ0) is 18.1. The number of thiazole rings is 1. The third-order valence-electron chi connectivity index (χ3n) is 4.88. The molecule has 1 N–H and O–H groups in total. The number of nitrogens with one attached hydrogen (secondary N) is 1. The van der Waals surface area contributed by atoms with Crippen LogP contribution in [-0.2, 0) is 0 Å². The minimum absolute atomic E-state index is 0.0304. The zero-order valence-electron chi connectivity index (χ0n) is 15.0. The SMILES string of the molecule is Cc1ccc(NC(=O)N2CCN(c3nc4ccccc4s3)CC2)cc1C. The largest absolute Gasteiger partial charge is 0.345 e. The van der Waals surface area contributed by atoms with Gasteiger partial charge in [0.05, 0.1) is 10.2 Å². The molecule has 26 heavy (non-hydrogen) atoms. The predicted octanol–water partition coefficient (Wildman–Crippen LogP) is 4.27. The van der Waals surface area contributed by atoms with E-state index in [9.17, 15) is 4.79 Å². The number of aromatic nitrogens is 1. The molecule has 6 heteroatoms. The van der Waals surface area contributed by atoms with Crippen LogP contribution in [-0.4, -0.2) is 42.1 Å². The molecule has 3 aromatic rings. The van der Waals surface area contributed by atoms with E-state index in [1.54, 1.807) is 11.3 Å². The Morgan fingerprint density at radius 1 is 1.04 bits per heavy atom. The molecule has 0 atom stereocenters. The fourth-order valence-electron chi connectivity index (χ4n) is 3.12. The normalized spacial score (nSPS) is 14.7. The summed E-state index contributed by atoms with van der Waals surface area (Å²) in [6.45, 7) is 7.14. The van der Waals surface area contributed by atoms with E-state index in [1.165, 1.54) is 15.8 Å². The number of carbonyl (C=O) groups is 1. The van der Waals surface area contributed by atoms with E-state index in [1.807, 2.05) is 41.3 Å². The Kier molecular flexibility index (Phi) is 4.51. The van der Waals surface area contributed by atoms with Crippen molar-refractivity contribution in [3.8, 4) is 0 Å². The van der Waals surface area contributed by atoms with Crippen LogP contribution in [0, 0.1) is 13.8 Å². The second kappa shape index (κ2) is 6.96. The lowest BCUT2D eigenvalue weighted by Crippen LogP contribution is -2.50. The number of nitrogens with zero attached hydrogens (tertiary/aromatic N) is 3. The molecule has 0 unspecified atom stereocenters. The number of piperazine rings is 1. The van der Waals surface area contributed by atoms with E-state index < -0.39 is 0 Å². The Labute approximate surface area is 157 Å². The van der Waals surface area contributed by atoms with Gasteiger partial charge in [0.25, 0.3) is 0 Å². The van der Waals surface area contributed by atoms with Crippen LogP contribution >= 0.6 is 11.3 Å². The minimum atomic E-state index is -0.0304. The first-order valence-corrected chi connectivity index (χ1v) is 9.65. The highest BCUT2D eigenvalue weighted by Crippen LogP contribution is 2.29. The van der Waals surface area contributed by atoms with E-state index in [-0.39, 0.29) is 6.03 Å². The minimum Gasteiger partial charge on any atom is -0.345 e. The Hall–Kier alpha value is -2.60. The van der Waals surface area contributed by atoms with Gasteiger partial charge in [0.15, 0.2) is 5.13 Å². The average molecular weight is 366 g/mol. The summed E-state index contributed by atoms with van der Waals surface area (Å²) in [6, 6.07) is 14.2. The first-order chi connectivity index (χ1) is 12.6. The summed E-state index contributed by atoms with van der Waals surface area (Å²) in [5.74, 6) is 0. The number of hydrogen-bond acceptors (Lipinski definition) is 4. The van der Waals surface area contributed by atoms with Gasteiger partial charge in [0.1, 0.15) is 0 Å². The summed E-state index contributed by atoms with van der Waals surface area (Å²) in [5.41, 5.74) is 4.31. The van der Waals surface area contributed by atoms with Crippen LogP contribution in [0.25, 0.3) is 10.2 Å². The maximum absolute atomic E-state index is 12.5. The van der Waals surface area contributed by atoms with Crippen LogP contribution in [0.4, 0.5) is 15.6 Å². The molecule has 1 fully saturated rings. The molecule has 1 saturated heterocycles. The van der Waals surface area contributed by atoms with Gasteiger partial charge in [-0.3, -0.25) is 0 Å². The molecule has 2 heterocycles. The van der Waals surface area contributed by atoms with Crippen molar-refractivity contribution < 1.29 is 4.79 Å². The number of hydrogen-bond donors (Lipinski definition) is 1. The van der Waals surface area contributed by atoms with Crippen LogP contribution in [0.5, 0.6) is 0 Å². The zero-order valence-corrected chi connectivity index (χ0v) is 15.8. The molecule has 1 aromatic heterocycles. The van der Waals surface area contributed by atoms with Crippen LogP contribution < -0.4 is 10.2 Å². The van der Waals surface area contributed by atoms with Crippen LogP contribution in [0.15, 0.2) is 42.5 Å². The number of urea groups is 1. The molecule has 0 spiro atoms. The number of amides is 2. The molecule has 0 aliphatic carbocycles. The Morgan fingerprint density at radius 3 is 2.54 bits per heavy atom. The molecule has 0 radical (unpaired) electrons. The van der Waals surface area contributed by atoms with Gasteiger partial charge >= 0.3 is 6.03 Å². The maximum atomic E-state index is 12.5. The van der Waals surface area contributed by atoms with Gasteiger partial charge in [0.2, 0.25) is 0 Å². The molecule has 1 aliphatic rings. The maximum Gasteiger partial charge on any atom is 0.321 e. The molecule has 0 saturated carbocycles. The van der Waals surface area contributed by atoms with Crippen molar-refractivity contribution in [3.05, 3.63) is 53.6 Å². The average Bonchev–Trinajstić information content (AvgIpc) is 3.09. The van der Waals surface area contributed by atoms with Crippen molar-refractivity contribution in [3.63, 3.8) is 0 Å². The predicted molar refractivity (Wildman–Crippen MR) is 108 cm³/mol. The van der Waals surface area contributed by atoms with Gasteiger partial charge in [-0.2, -0.15) is 0 Å². The molecule has 5 nitrogen and oxygen atoms in total. The van der Waals surface area contributed by atoms with Gasteiger partial charge in [-0.1, -0.05) is 29.5 Å². The first kappa shape index (κ1) is 16.8. The topological polar surface area (TPSA) is 48.5 Å². The van der Waals surface area contributed by atoms with Gasteiger partial charge in [-0.25, -0.2) is 9.78 Å². The van der Waals surface area contributed by atoms with Gasteiger partial charge in [-0.15, -0.1) is 0 Å². The standard InChI is InChI=1S/C20H22N4OS/c1-14-7-8-16(13-15(14)2)21-19(25)23-9-11-24(12-10-23)20-22-17-5-3-4-6-18(17)26-20/h3-8,13H,9-12H2,1-2H3,(H,21,25). The van der Waals surface area contributed by atoms with E-state index in [0.717, 1.165) is 29.4 Å². The van der Waals surface area contributed by atoms with Crippen LogP contribution in [0.2, 0.25) is 0 Å². The lowest BCUT2D eigenvalue weighted by atomic mass is 10.1. The Balaban J connectivity index is 1.38. The summed E-state index contributed by atoms with van der Waals surface area (Å²) in [7, 11) is 0. The fraction of sp³-hybridized carbons (Fsp3) is 0.300. The second-order valence-corrected chi connectivity index (χ2v) is 7.68. The van der Waals surface area contributed by atoms with Gasteiger partial charge in [-0.05, 0) is 49.2 Å². The molecule has 4 rings (SSSR count). The second-order valence-electron chi connectivity index (χ2n) is 6.67. The highest BCUT2D eigenvalue weighted by molar-refractivity contribution is 7.22.